The number of hydrogen-bond donors (Lipinski definition) is 2. The van der Waals surface area contributed by atoms with Gasteiger partial charge in [0, 0.05) is 13.1 Å². The Labute approximate surface area is 163 Å². The molecular formula is C18H22F2IN3O. The van der Waals surface area contributed by atoms with Crippen LogP contribution in [-0.2, 0) is 13.1 Å². The molecule has 0 aliphatic rings. The Bertz CT molecular complexity index is 693. The van der Waals surface area contributed by atoms with E-state index in [1.54, 1.807) is 24.3 Å². The fourth-order valence-corrected chi connectivity index (χ4v) is 2.11. The van der Waals surface area contributed by atoms with Crippen LogP contribution in [0.5, 0.6) is 5.75 Å². The first kappa shape index (κ1) is 21.1. The maximum Gasteiger partial charge on any atom is 0.191 e. The first-order valence-corrected chi connectivity index (χ1v) is 7.71. The predicted octanol–water partition coefficient (Wildman–Crippen LogP) is 3.85. The Morgan fingerprint density at radius 1 is 1.04 bits per heavy atom. The van der Waals surface area contributed by atoms with Crippen molar-refractivity contribution in [2.75, 3.05) is 13.7 Å². The molecule has 7 heteroatoms. The lowest BCUT2D eigenvalue weighted by atomic mass is 10.2. The quantitative estimate of drug-likeness (QED) is 0.391. The number of nitrogens with zero attached hydrogens (tertiary/aromatic N) is 1. The molecule has 2 rings (SSSR count). The molecule has 2 aromatic carbocycles. The predicted molar refractivity (Wildman–Crippen MR) is 106 cm³/mol. The van der Waals surface area contributed by atoms with E-state index in [0.717, 1.165) is 11.1 Å². The van der Waals surface area contributed by atoms with E-state index in [2.05, 4.69) is 15.6 Å². The zero-order chi connectivity index (χ0) is 17.4. The van der Waals surface area contributed by atoms with Crippen molar-refractivity contribution in [2.24, 2.45) is 4.99 Å². The minimum Gasteiger partial charge on any atom is -0.494 e. The van der Waals surface area contributed by atoms with Crippen molar-refractivity contribution in [3.63, 3.8) is 0 Å². The summed E-state index contributed by atoms with van der Waals surface area (Å²) in [6.45, 7) is 3.51. The second kappa shape index (κ2) is 10.9. The molecule has 2 aromatic rings. The first-order chi connectivity index (χ1) is 11.6. The van der Waals surface area contributed by atoms with Gasteiger partial charge in [-0.2, -0.15) is 0 Å². The van der Waals surface area contributed by atoms with Gasteiger partial charge in [-0.3, -0.25) is 0 Å². The molecule has 25 heavy (non-hydrogen) atoms. The van der Waals surface area contributed by atoms with Crippen LogP contribution in [0, 0.1) is 11.6 Å². The van der Waals surface area contributed by atoms with E-state index in [4.69, 9.17) is 4.74 Å². The summed E-state index contributed by atoms with van der Waals surface area (Å²) in [7, 11) is 1.43. The van der Waals surface area contributed by atoms with Gasteiger partial charge in [-0.1, -0.05) is 18.2 Å². The van der Waals surface area contributed by atoms with Crippen molar-refractivity contribution < 1.29 is 13.5 Å². The monoisotopic (exact) mass is 461 g/mol. The molecule has 0 saturated heterocycles. The zero-order valence-corrected chi connectivity index (χ0v) is 16.5. The first-order valence-electron chi connectivity index (χ1n) is 7.71. The van der Waals surface area contributed by atoms with Crippen LogP contribution in [0.25, 0.3) is 0 Å². The summed E-state index contributed by atoms with van der Waals surface area (Å²) in [5.74, 6) is 0.150. The lowest BCUT2D eigenvalue weighted by Crippen LogP contribution is -2.36. The Kier molecular flexibility index (Phi) is 9.18. The van der Waals surface area contributed by atoms with Crippen molar-refractivity contribution >= 4 is 29.9 Å². The molecule has 0 aromatic heterocycles. The van der Waals surface area contributed by atoms with Crippen molar-refractivity contribution in [3.05, 3.63) is 65.2 Å². The molecule has 2 N–H and O–H groups in total. The maximum absolute atomic E-state index is 13.7. The topological polar surface area (TPSA) is 45.7 Å². The summed E-state index contributed by atoms with van der Waals surface area (Å²) in [5, 5.41) is 6.28. The fourth-order valence-electron chi connectivity index (χ4n) is 2.11. The molecule has 0 unspecified atom stereocenters. The van der Waals surface area contributed by atoms with E-state index in [9.17, 15) is 8.78 Å². The Morgan fingerprint density at radius 3 is 2.32 bits per heavy atom. The van der Waals surface area contributed by atoms with E-state index in [0.29, 0.717) is 25.6 Å². The van der Waals surface area contributed by atoms with Crippen molar-refractivity contribution in [1.82, 2.24) is 10.6 Å². The molecule has 0 spiro atoms. The average molecular weight is 461 g/mol. The van der Waals surface area contributed by atoms with Crippen LogP contribution in [0.15, 0.2) is 47.5 Å². The van der Waals surface area contributed by atoms with Gasteiger partial charge in [-0.15, -0.1) is 24.0 Å². The molecule has 0 aliphatic heterocycles. The Hall–Kier alpha value is -1.90. The number of hydrogen-bond acceptors (Lipinski definition) is 2. The third-order valence-corrected chi connectivity index (χ3v) is 3.35. The van der Waals surface area contributed by atoms with Gasteiger partial charge >= 0.3 is 0 Å². The average Bonchev–Trinajstić information content (AvgIpc) is 2.59. The fraction of sp³-hybridized carbons (Fsp3) is 0.278. The van der Waals surface area contributed by atoms with Crippen LogP contribution < -0.4 is 15.4 Å². The second-order valence-corrected chi connectivity index (χ2v) is 5.14. The van der Waals surface area contributed by atoms with Crippen LogP contribution in [0.3, 0.4) is 0 Å². The minimum atomic E-state index is -0.408. The Balaban J connectivity index is 0.00000312. The van der Waals surface area contributed by atoms with E-state index in [1.165, 1.54) is 25.3 Å². The van der Waals surface area contributed by atoms with E-state index < -0.39 is 5.82 Å². The molecule has 0 atom stereocenters. The molecule has 0 bridgehead atoms. The summed E-state index contributed by atoms with van der Waals surface area (Å²) < 4.78 is 31.5. The van der Waals surface area contributed by atoms with Gasteiger partial charge in [0.05, 0.1) is 13.7 Å². The van der Waals surface area contributed by atoms with E-state index in [-0.39, 0.29) is 35.5 Å². The summed E-state index contributed by atoms with van der Waals surface area (Å²) in [6.07, 6.45) is 0. The minimum absolute atomic E-state index is 0. The second-order valence-electron chi connectivity index (χ2n) is 5.14. The van der Waals surface area contributed by atoms with Crippen LogP contribution in [0.1, 0.15) is 18.1 Å². The molecule has 0 aliphatic carbocycles. The van der Waals surface area contributed by atoms with Crippen molar-refractivity contribution in [1.29, 1.82) is 0 Å². The summed E-state index contributed by atoms with van der Waals surface area (Å²) in [5.41, 5.74) is 1.68. The largest absolute Gasteiger partial charge is 0.494 e. The lowest BCUT2D eigenvalue weighted by Gasteiger charge is -2.11. The lowest BCUT2D eigenvalue weighted by molar-refractivity contribution is 0.386. The van der Waals surface area contributed by atoms with Crippen molar-refractivity contribution in [3.8, 4) is 5.75 Å². The number of benzene rings is 2. The third-order valence-electron chi connectivity index (χ3n) is 3.35. The molecule has 136 valence electrons. The van der Waals surface area contributed by atoms with Gasteiger partial charge < -0.3 is 15.4 Å². The van der Waals surface area contributed by atoms with Gasteiger partial charge in [0.2, 0.25) is 0 Å². The number of ether oxygens (including phenoxy) is 1. The van der Waals surface area contributed by atoms with Crippen LogP contribution in [-0.4, -0.2) is 19.6 Å². The molecule has 0 fully saturated rings. The SMILES string of the molecule is CCNC(=NCc1ccc(OC)c(F)c1)NCc1ccc(F)cc1.I. The van der Waals surface area contributed by atoms with E-state index in [1.807, 2.05) is 6.92 Å². The van der Waals surface area contributed by atoms with Crippen molar-refractivity contribution in [2.45, 2.75) is 20.0 Å². The van der Waals surface area contributed by atoms with E-state index >= 15 is 0 Å². The Morgan fingerprint density at radius 2 is 1.72 bits per heavy atom. The van der Waals surface area contributed by atoms with Gasteiger partial charge in [-0.05, 0) is 42.3 Å². The normalized spacial score (nSPS) is 10.8. The molecule has 0 amide bonds. The number of nitrogens with one attached hydrogen (secondary N) is 2. The van der Waals surface area contributed by atoms with Crippen LogP contribution >= 0.6 is 24.0 Å². The number of methoxy groups -OCH3 is 1. The summed E-state index contributed by atoms with van der Waals surface area (Å²) in [6, 6.07) is 11.0. The molecule has 4 nitrogen and oxygen atoms in total. The molecule has 0 saturated carbocycles. The molecule has 0 radical (unpaired) electrons. The van der Waals surface area contributed by atoms with Crippen LogP contribution in [0.4, 0.5) is 8.78 Å². The van der Waals surface area contributed by atoms with Gasteiger partial charge in [0.1, 0.15) is 5.82 Å². The van der Waals surface area contributed by atoms with Gasteiger partial charge in [-0.25, -0.2) is 13.8 Å². The number of aliphatic imine (C=N–C) groups is 1. The van der Waals surface area contributed by atoms with Gasteiger partial charge in [0.25, 0.3) is 0 Å². The smallest absolute Gasteiger partial charge is 0.191 e. The molecule has 0 heterocycles. The number of guanidine groups is 1. The third kappa shape index (κ3) is 6.85. The highest BCUT2D eigenvalue weighted by molar-refractivity contribution is 14.0. The van der Waals surface area contributed by atoms with Gasteiger partial charge in [0.15, 0.2) is 17.5 Å². The highest BCUT2D eigenvalue weighted by Gasteiger charge is 2.04. The highest BCUT2D eigenvalue weighted by atomic mass is 127. The number of rotatable bonds is 6. The number of halogens is 3. The van der Waals surface area contributed by atoms with Crippen LogP contribution in [0.2, 0.25) is 0 Å². The zero-order valence-electron chi connectivity index (χ0n) is 14.2. The molecular weight excluding hydrogens is 439 g/mol. The summed E-state index contributed by atoms with van der Waals surface area (Å²) in [4.78, 5) is 4.43. The maximum atomic E-state index is 13.7. The highest BCUT2D eigenvalue weighted by Crippen LogP contribution is 2.18. The summed E-state index contributed by atoms with van der Waals surface area (Å²) >= 11 is 0. The standard InChI is InChI=1S/C18H21F2N3O.HI/c1-3-21-18(22-11-13-4-7-15(19)8-5-13)23-12-14-6-9-17(24-2)16(20)10-14;/h4-10H,3,11-12H2,1-2H3,(H2,21,22,23);1H.